The lowest BCUT2D eigenvalue weighted by atomic mass is 10.0. The number of amides is 2. The van der Waals surface area contributed by atoms with Gasteiger partial charge in [0, 0.05) is 24.7 Å². The van der Waals surface area contributed by atoms with Crippen LogP contribution in [0, 0.1) is 0 Å². The van der Waals surface area contributed by atoms with Gasteiger partial charge in [-0.05, 0) is 38.6 Å². The number of nitrogens with one attached hydrogen (secondary N) is 1. The minimum absolute atomic E-state index is 0.00477. The molecule has 0 spiro atoms. The quantitative estimate of drug-likeness (QED) is 0.772. The number of carbonyl (C=O) groups is 2. The first kappa shape index (κ1) is 15.0. The van der Waals surface area contributed by atoms with Gasteiger partial charge in [-0.1, -0.05) is 13.8 Å². The van der Waals surface area contributed by atoms with Crippen molar-refractivity contribution < 1.29 is 9.59 Å². The number of fused-ring (bicyclic) bond motifs is 1. The molecule has 3 fully saturated rings. The van der Waals surface area contributed by atoms with Crippen LogP contribution in [0.5, 0.6) is 0 Å². The van der Waals surface area contributed by atoms with E-state index in [9.17, 15) is 9.59 Å². The third-order valence-electron chi connectivity index (χ3n) is 5.51. The van der Waals surface area contributed by atoms with Crippen molar-refractivity contribution in [2.75, 3.05) is 13.1 Å². The Balaban J connectivity index is 1.64. The molecule has 0 bridgehead atoms. The lowest BCUT2D eigenvalue weighted by Crippen LogP contribution is -2.49. The summed E-state index contributed by atoms with van der Waals surface area (Å²) in [6.07, 6.45) is 5.64. The Morgan fingerprint density at radius 1 is 1.19 bits per heavy atom. The van der Waals surface area contributed by atoms with E-state index < -0.39 is 0 Å². The second-order valence-corrected chi connectivity index (χ2v) is 6.64. The Kier molecular flexibility index (Phi) is 4.31. The first-order valence-corrected chi connectivity index (χ1v) is 8.51. The number of hydrogen-bond donors (Lipinski definition) is 1. The predicted molar refractivity (Wildman–Crippen MR) is 80.8 cm³/mol. The molecule has 0 aromatic rings. The number of hydrogen-bond acceptors (Lipinski definition) is 4. The van der Waals surface area contributed by atoms with Gasteiger partial charge >= 0.3 is 0 Å². The topological polar surface area (TPSA) is 52.7 Å². The Hall–Kier alpha value is -0.940. The summed E-state index contributed by atoms with van der Waals surface area (Å²) in [5.41, 5.74) is 0. The van der Waals surface area contributed by atoms with Crippen LogP contribution in [-0.2, 0) is 9.59 Å². The summed E-state index contributed by atoms with van der Waals surface area (Å²) < 4.78 is 0. The van der Waals surface area contributed by atoms with Crippen LogP contribution < -0.4 is 5.32 Å². The molecule has 3 aliphatic heterocycles. The maximum atomic E-state index is 12.6. The molecule has 1 N–H and O–H groups in total. The maximum Gasteiger partial charge on any atom is 0.247 e. The number of nitrogens with zero attached hydrogens (tertiary/aromatic N) is 2. The molecule has 5 heteroatoms. The molecule has 0 radical (unpaired) electrons. The van der Waals surface area contributed by atoms with Gasteiger partial charge in [-0.25, -0.2) is 0 Å². The Labute approximate surface area is 127 Å². The van der Waals surface area contributed by atoms with Gasteiger partial charge in [0.2, 0.25) is 11.8 Å². The zero-order valence-corrected chi connectivity index (χ0v) is 13.2. The fourth-order valence-electron chi connectivity index (χ4n) is 4.35. The lowest BCUT2D eigenvalue weighted by molar-refractivity contribution is -0.141. The fraction of sp³-hybridized carbons (Fsp3) is 0.875. The van der Waals surface area contributed by atoms with E-state index >= 15 is 0 Å². The normalized spacial score (nSPS) is 33.5. The van der Waals surface area contributed by atoms with Crippen molar-refractivity contribution in [1.29, 1.82) is 0 Å². The van der Waals surface area contributed by atoms with Crippen LogP contribution >= 0.6 is 0 Å². The number of imide groups is 1. The van der Waals surface area contributed by atoms with E-state index in [1.165, 1.54) is 24.3 Å². The van der Waals surface area contributed by atoms with Crippen LogP contribution in [0.1, 0.15) is 52.4 Å². The summed E-state index contributed by atoms with van der Waals surface area (Å²) in [6.45, 7) is 6.42. The molecule has 3 atom stereocenters. The van der Waals surface area contributed by atoms with E-state index in [-0.39, 0.29) is 23.9 Å². The number of likely N-dealkylation sites (tertiary alicyclic amines) is 1. The number of rotatable bonds is 5. The maximum absolute atomic E-state index is 12.6. The molecular weight excluding hydrogens is 266 g/mol. The highest BCUT2D eigenvalue weighted by atomic mass is 16.2. The average Bonchev–Trinajstić information content (AvgIpc) is 3.13. The Morgan fingerprint density at radius 3 is 2.67 bits per heavy atom. The van der Waals surface area contributed by atoms with Gasteiger partial charge in [0.1, 0.15) is 0 Å². The third kappa shape index (κ3) is 2.61. The highest BCUT2D eigenvalue weighted by molar-refractivity contribution is 6.05. The van der Waals surface area contributed by atoms with Crippen molar-refractivity contribution in [2.45, 2.75) is 76.5 Å². The summed E-state index contributed by atoms with van der Waals surface area (Å²) in [7, 11) is 0. The summed E-state index contributed by atoms with van der Waals surface area (Å²) in [5, 5.41) is 3.51. The molecule has 0 aliphatic carbocycles. The van der Waals surface area contributed by atoms with Crippen molar-refractivity contribution in [1.82, 2.24) is 15.1 Å². The molecule has 5 nitrogen and oxygen atoms in total. The standard InChI is InChI=1S/C16H27N3O2/c1-3-11(4-2)19-15(20)10-13(16(19)21)17-12-7-9-18-8-5-6-14(12)18/h11-14,17H,3-10H2,1-2H3. The SMILES string of the molecule is CCC(CC)N1C(=O)CC(NC2CCN3CCCC23)C1=O. The van der Waals surface area contributed by atoms with Gasteiger partial charge in [-0.2, -0.15) is 0 Å². The van der Waals surface area contributed by atoms with Crippen LogP contribution in [0.3, 0.4) is 0 Å². The first-order valence-electron chi connectivity index (χ1n) is 8.51. The average molecular weight is 293 g/mol. The summed E-state index contributed by atoms with van der Waals surface area (Å²) >= 11 is 0. The van der Waals surface area contributed by atoms with E-state index in [1.807, 2.05) is 13.8 Å². The van der Waals surface area contributed by atoms with Gasteiger partial charge < -0.3 is 5.32 Å². The molecule has 118 valence electrons. The minimum atomic E-state index is -0.288. The van der Waals surface area contributed by atoms with Crippen molar-refractivity contribution in [3.05, 3.63) is 0 Å². The molecule has 21 heavy (non-hydrogen) atoms. The number of carbonyl (C=O) groups excluding carboxylic acids is 2. The summed E-state index contributed by atoms with van der Waals surface area (Å²) in [5.74, 6) is 0.0117. The van der Waals surface area contributed by atoms with Gasteiger partial charge in [-0.15, -0.1) is 0 Å². The molecule has 3 saturated heterocycles. The van der Waals surface area contributed by atoms with Crippen molar-refractivity contribution in [3.63, 3.8) is 0 Å². The highest BCUT2D eigenvalue weighted by Gasteiger charge is 2.45. The van der Waals surface area contributed by atoms with Crippen LogP contribution in [0.15, 0.2) is 0 Å². The van der Waals surface area contributed by atoms with Crippen LogP contribution in [0.2, 0.25) is 0 Å². The van der Waals surface area contributed by atoms with Gasteiger partial charge in [0.05, 0.1) is 12.5 Å². The second-order valence-electron chi connectivity index (χ2n) is 6.64. The van der Waals surface area contributed by atoms with Gasteiger partial charge in [0.15, 0.2) is 0 Å². The second kappa shape index (κ2) is 6.05. The minimum Gasteiger partial charge on any atom is -0.301 e. The first-order chi connectivity index (χ1) is 10.2. The summed E-state index contributed by atoms with van der Waals surface area (Å²) in [4.78, 5) is 28.8. The predicted octanol–water partition coefficient (Wildman–Crippen LogP) is 1.13. The molecular formula is C16H27N3O2. The molecule has 2 amide bonds. The van der Waals surface area contributed by atoms with Crippen molar-refractivity contribution in [2.24, 2.45) is 0 Å². The fourth-order valence-corrected chi connectivity index (χ4v) is 4.35. The Bertz CT molecular complexity index is 422. The molecule has 3 heterocycles. The smallest absolute Gasteiger partial charge is 0.247 e. The van der Waals surface area contributed by atoms with Crippen LogP contribution in [0.25, 0.3) is 0 Å². The van der Waals surface area contributed by atoms with E-state index in [2.05, 4.69) is 10.2 Å². The lowest BCUT2D eigenvalue weighted by Gasteiger charge is -2.26. The molecule has 0 saturated carbocycles. The van der Waals surface area contributed by atoms with Gasteiger partial charge in [-0.3, -0.25) is 19.4 Å². The molecule has 0 aromatic carbocycles. The summed E-state index contributed by atoms with van der Waals surface area (Å²) in [6, 6.07) is 0.748. The zero-order valence-electron chi connectivity index (χ0n) is 13.2. The third-order valence-corrected chi connectivity index (χ3v) is 5.51. The van der Waals surface area contributed by atoms with E-state index in [0.29, 0.717) is 18.5 Å². The molecule has 3 rings (SSSR count). The zero-order chi connectivity index (χ0) is 15.0. The van der Waals surface area contributed by atoms with Crippen molar-refractivity contribution >= 4 is 11.8 Å². The Morgan fingerprint density at radius 2 is 1.95 bits per heavy atom. The van der Waals surface area contributed by atoms with E-state index in [4.69, 9.17) is 0 Å². The van der Waals surface area contributed by atoms with Gasteiger partial charge in [0.25, 0.3) is 0 Å². The highest BCUT2D eigenvalue weighted by Crippen LogP contribution is 2.29. The van der Waals surface area contributed by atoms with E-state index in [1.54, 1.807) is 0 Å². The largest absolute Gasteiger partial charge is 0.301 e. The molecule has 0 aromatic heterocycles. The molecule has 3 aliphatic rings. The monoisotopic (exact) mass is 293 g/mol. The molecule has 3 unspecified atom stereocenters. The van der Waals surface area contributed by atoms with Crippen molar-refractivity contribution in [3.8, 4) is 0 Å². The van der Waals surface area contributed by atoms with E-state index in [0.717, 1.165) is 25.8 Å². The van der Waals surface area contributed by atoms with Crippen LogP contribution in [-0.4, -0.2) is 58.9 Å². The van der Waals surface area contributed by atoms with Crippen LogP contribution in [0.4, 0.5) is 0 Å².